The Morgan fingerprint density at radius 1 is 0.558 bits per heavy atom. The van der Waals surface area contributed by atoms with Crippen LogP contribution in [0.25, 0.3) is 0 Å². The molecule has 2 unspecified atom stereocenters. The van der Waals surface area contributed by atoms with Gasteiger partial charge in [-0.05, 0) is 57.7 Å². The van der Waals surface area contributed by atoms with E-state index in [2.05, 4.69) is 70.2 Å². The van der Waals surface area contributed by atoms with E-state index < -0.39 is 0 Å². The second-order valence-electron chi connectivity index (χ2n) is 13.4. The number of hydrogen-bond donors (Lipinski definition) is 0. The standard InChI is InChI=1S/C30H61NO2S2.C8H18/c1-5-7-9-10-11-14-17-22-30(32-27-29(33-30)21-24-31(3)4)23-18-15-12-13-16-20-26-35-28-34-25-19-8-6-2;1-3-5-7-8-6-4-2/h29H,5-28H2,1-4H3;3-8H2,1-2H3. The lowest BCUT2D eigenvalue weighted by Gasteiger charge is -2.29. The van der Waals surface area contributed by atoms with Crippen molar-refractivity contribution in [2.24, 2.45) is 0 Å². The van der Waals surface area contributed by atoms with Crippen LogP contribution in [0.1, 0.15) is 188 Å². The lowest BCUT2D eigenvalue weighted by molar-refractivity contribution is -0.180. The van der Waals surface area contributed by atoms with Crippen LogP contribution in [0.5, 0.6) is 0 Å². The number of unbranched alkanes of at least 4 members (excludes halogenated alkanes) is 18. The summed E-state index contributed by atoms with van der Waals surface area (Å²) in [6, 6.07) is 0. The van der Waals surface area contributed by atoms with E-state index in [0.29, 0.717) is 0 Å². The average Bonchev–Trinajstić information content (AvgIpc) is 3.41. The Balaban J connectivity index is 0.00000192. The maximum absolute atomic E-state index is 6.60. The first kappa shape index (κ1) is 43.6. The van der Waals surface area contributed by atoms with Gasteiger partial charge in [-0.1, -0.05) is 143 Å². The van der Waals surface area contributed by atoms with E-state index in [9.17, 15) is 0 Å². The molecule has 1 saturated heterocycles. The predicted molar refractivity (Wildman–Crippen MR) is 200 cm³/mol. The van der Waals surface area contributed by atoms with E-state index in [1.165, 1.54) is 158 Å². The van der Waals surface area contributed by atoms with Crippen molar-refractivity contribution in [2.45, 2.75) is 200 Å². The van der Waals surface area contributed by atoms with Crippen molar-refractivity contribution in [3.63, 3.8) is 0 Å². The van der Waals surface area contributed by atoms with Crippen LogP contribution in [0.15, 0.2) is 0 Å². The van der Waals surface area contributed by atoms with E-state index in [1.807, 2.05) is 0 Å². The quantitative estimate of drug-likeness (QED) is 0.0551. The van der Waals surface area contributed by atoms with E-state index in [1.54, 1.807) is 0 Å². The van der Waals surface area contributed by atoms with E-state index >= 15 is 0 Å². The van der Waals surface area contributed by atoms with Gasteiger partial charge in [-0.25, -0.2) is 0 Å². The topological polar surface area (TPSA) is 21.7 Å². The average molecular weight is 646 g/mol. The van der Waals surface area contributed by atoms with E-state index in [0.717, 1.165) is 32.4 Å². The molecule has 1 heterocycles. The minimum Gasteiger partial charge on any atom is -0.347 e. The minimum atomic E-state index is -0.286. The summed E-state index contributed by atoms with van der Waals surface area (Å²) >= 11 is 4.28. The van der Waals surface area contributed by atoms with Gasteiger partial charge >= 0.3 is 0 Å². The van der Waals surface area contributed by atoms with Crippen LogP contribution in [0.2, 0.25) is 0 Å². The highest BCUT2D eigenvalue weighted by Crippen LogP contribution is 2.35. The maximum atomic E-state index is 6.60. The van der Waals surface area contributed by atoms with Crippen LogP contribution in [0.3, 0.4) is 0 Å². The Kier molecular flexibility index (Phi) is 34.4. The summed E-state index contributed by atoms with van der Waals surface area (Å²) in [5, 5.41) is 1.29. The van der Waals surface area contributed by atoms with Crippen molar-refractivity contribution in [3.05, 3.63) is 0 Å². The molecule has 1 aliphatic heterocycles. The van der Waals surface area contributed by atoms with Gasteiger partial charge in [-0.15, -0.1) is 0 Å². The summed E-state index contributed by atoms with van der Waals surface area (Å²) in [5.74, 6) is 2.41. The molecule has 0 N–H and O–H groups in total. The Hall–Kier alpha value is 0.580. The van der Waals surface area contributed by atoms with Crippen molar-refractivity contribution in [1.29, 1.82) is 0 Å². The molecule has 2 atom stereocenters. The molecule has 0 saturated carbocycles. The van der Waals surface area contributed by atoms with Crippen LogP contribution >= 0.6 is 23.5 Å². The van der Waals surface area contributed by atoms with Crippen molar-refractivity contribution in [2.75, 3.05) is 43.8 Å². The fourth-order valence-corrected chi connectivity index (χ4v) is 7.92. The highest BCUT2D eigenvalue weighted by molar-refractivity contribution is 8.15. The zero-order valence-electron chi connectivity index (χ0n) is 30.4. The molecular weight excluding hydrogens is 567 g/mol. The normalized spacial score (nSPS) is 18.3. The Morgan fingerprint density at radius 2 is 0.953 bits per heavy atom. The summed E-state index contributed by atoms with van der Waals surface area (Å²) in [6.07, 6.45) is 33.8. The van der Waals surface area contributed by atoms with Gasteiger partial charge in [0.05, 0.1) is 12.7 Å². The lowest BCUT2D eigenvalue weighted by atomic mass is 9.99. The number of nitrogens with zero attached hydrogens (tertiary/aromatic N) is 1. The Labute approximate surface area is 280 Å². The molecule has 0 aromatic rings. The molecule has 0 bridgehead atoms. The van der Waals surface area contributed by atoms with Crippen LogP contribution in [-0.4, -0.2) is 60.6 Å². The number of rotatable bonds is 31. The second kappa shape index (κ2) is 33.9. The first-order chi connectivity index (χ1) is 21.0. The smallest absolute Gasteiger partial charge is 0.168 e. The lowest BCUT2D eigenvalue weighted by Crippen LogP contribution is -2.31. The predicted octanol–water partition coefficient (Wildman–Crippen LogP) is 12.9. The molecule has 1 fully saturated rings. The van der Waals surface area contributed by atoms with Gasteiger partial charge in [-0.2, -0.15) is 23.5 Å². The van der Waals surface area contributed by atoms with E-state index in [-0.39, 0.29) is 11.9 Å². The molecule has 260 valence electrons. The van der Waals surface area contributed by atoms with Gasteiger partial charge in [0.25, 0.3) is 0 Å². The zero-order valence-corrected chi connectivity index (χ0v) is 32.0. The Morgan fingerprint density at radius 3 is 1.42 bits per heavy atom. The summed E-state index contributed by atoms with van der Waals surface area (Å²) < 4.78 is 13.0. The Bertz CT molecular complexity index is 530. The minimum absolute atomic E-state index is 0.282. The van der Waals surface area contributed by atoms with Crippen molar-refractivity contribution in [1.82, 2.24) is 4.90 Å². The summed E-state index contributed by atoms with van der Waals surface area (Å²) in [6.45, 7) is 11.0. The molecular formula is C38H79NO2S2. The van der Waals surface area contributed by atoms with Crippen LogP contribution in [-0.2, 0) is 9.47 Å². The number of thioether (sulfide) groups is 2. The SMILES string of the molecule is CCCCCCCC.CCCCCCCCCC1(CCCCCCCCSCSCCCCC)OCC(CCN(C)C)O1. The number of ether oxygens (including phenoxy) is 2. The molecule has 0 aliphatic carbocycles. The van der Waals surface area contributed by atoms with Crippen LogP contribution in [0.4, 0.5) is 0 Å². The molecule has 0 aromatic heterocycles. The molecule has 5 heteroatoms. The first-order valence-corrected chi connectivity index (χ1v) is 21.5. The van der Waals surface area contributed by atoms with Gasteiger partial charge < -0.3 is 14.4 Å². The molecule has 0 radical (unpaired) electrons. The summed E-state index contributed by atoms with van der Waals surface area (Å²) in [7, 11) is 4.29. The molecule has 0 spiro atoms. The van der Waals surface area contributed by atoms with Gasteiger partial charge in [-0.3, -0.25) is 0 Å². The van der Waals surface area contributed by atoms with Crippen molar-refractivity contribution in [3.8, 4) is 0 Å². The van der Waals surface area contributed by atoms with Crippen LogP contribution < -0.4 is 0 Å². The summed E-state index contributed by atoms with van der Waals surface area (Å²) in [4.78, 5) is 2.25. The monoisotopic (exact) mass is 646 g/mol. The fourth-order valence-electron chi connectivity index (χ4n) is 5.69. The molecule has 1 rings (SSSR count). The highest BCUT2D eigenvalue weighted by atomic mass is 32.2. The fraction of sp³-hybridized carbons (Fsp3) is 1.00. The third kappa shape index (κ3) is 29.7. The van der Waals surface area contributed by atoms with Gasteiger partial charge in [0, 0.05) is 24.5 Å². The zero-order chi connectivity index (χ0) is 31.7. The number of hydrogen-bond acceptors (Lipinski definition) is 5. The summed E-state index contributed by atoms with van der Waals surface area (Å²) in [5.41, 5.74) is 0. The second-order valence-corrected chi connectivity index (χ2v) is 15.9. The largest absolute Gasteiger partial charge is 0.347 e. The van der Waals surface area contributed by atoms with Gasteiger partial charge in [0.15, 0.2) is 5.79 Å². The molecule has 1 aliphatic rings. The molecule has 0 aromatic carbocycles. The van der Waals surface area contributed by atoms with Gasteiger partial charge in [0.1, 0.15) is 0 Å². The van der Waals surface area contributed by atoms with E-state index in [4.69, 9.17) is 9.47 Å². The van der Waals surface area contributed by atoms with Crippen molar-refractivity contribution < 1.29 is 9.47 Å². The van der Waals surface area contributed by atoms with Crippen LogP contribution in [0, 0.1) is 0 Å². The molecule has 3 nitrogen and oxygen atoms in total. The third-order valence-electron chi connectivity index (χ3n) is 8.59. The first-order valence-electron chi connectivity index (χ1n) is 19.2. The van der Waals surface area contributed by atoms with Gasteiger partial charge in [0.2, 0.25) is 0 Å². The maximum Gasteiger partial charge on any atom is 0.168 e. The molecule has 43 heavy (non-hydrogen) atoms. The van der Waals surface area contributed by atoms with Crippen molar-refractivity contribution >= 4 is 23.5 Å². The highest BCUT2D eigenvalue weighted by Gasteiger charge is 2.40. The third-order valence-corrected chi connectivity index (χ3v) is 11.1. The molecule has 0 amide bonds.